The summed E-state index contributed by atoms with van der Waals surface area (Å²) in [4.78, 5) is 2.61. The molecule has 1 heterocycles. The molecule has 1 aliphatic rings. The van der Waals surface area contributed by atoms with Crippen LogP contribution in [0.3, 0.4) is 0 Å². The van der Waals surface area contributed by atoms with Crippen LogP contribution in [0, 0.1) is 5.92 Å². The number of hydrogen-bond donors (Lipinski definition) is 1. The Morgan fingerprint density at radius 2 is 1.88 bits per heavy atom. The minimum atomic E-state index is 0.695. The van der Waals surface area contributed by atoms with Crippen molar-refractivity contribution >= 4 is 0 Å². The van der Waals surface area contributed by atoms with Gasteiger partial charge in [-0.1, -0.05) is 26.7 Å². The average molecular weight is 226 g/mol. The van der Waals surface area contributed by atoms with Crippen molar-refractivity contribution in [3.05, 3.63) is 0 Å². The zero-order chi connectivity index (χ0) is 11.8. The molecule has 1 fully saturated rings. The Morgan fingerprint density at radius 3 is 2.50 bits per heavy atom. The summed E-state index contributed by atoms with van der Waals surface area (Å²) in [6.45, 7) is 12.1. The van der Waals surface area contributed by atoms with Crippen molar-refractivity contribution in [1.29, 1.82) is 0 Å². The molecule has 16 heavy (non-hydrogen) atoms. The van der Waals surface area contributed by atoms with E-state index in [9.17, 15) is 0 Å². The van der Waals surface area contributed by atoms with Crippen molar-refractivity contribution in [2.45, 2.75) is 58.9 Å². The summed E-state index contributed by atoms with van der Waals surface area (Å²) in [5, 5.41) is 3.66. The molecule has 0 aromatic rings. The van der Waals surface area contributed by atoms with Gasteiger partial charge in [-0.05, 0) is 51.7 Å². The van der Waals surface area contributed by atoms with Crippen LogP contribution in [0.15, 0.2) is 0 Å². The summed E-state index contributed by atoms with van der Waals surface area (Å²) in [5.74, 6) is 0.794. The van der Waals surface area contributed by atoms with Gasteiger partial charge in [0.2, 0.25) is 0 Å². The van der Waals surface area contributed by atoms with Crippen LogP contribution in [0.25, 0.3) is 0 Å². The second-order valence-corrected chi connectivity index (χ2v) is 5.56. The van der Waals surface area contributed by atoms with Gasteiger partial charge < -0.3 is 10.2 Å². The highest BCUT2D eigenvalue weighted by molar-refractivity contribution is 4.71. The van der Waals surface area contributed by atoms with Crippen LogP contribution in [0.4, 0.5) is 0 Å². The maximum atomic E-state index is 3.66. The smallest absolute Gasteiger partial charge is 0.00388 e. The summed E-state index contributed by atoms with van der Waals surface area (Å²) in [6.07, 6.45) is 6.82. The largest absolute Gasteiger partial charge is 0.314 e. The molecule has 1 saturated heterocycles. The van der Waals surface area contributed by atoms with Gasteiger partial charge in [0.25, 0.3) is 0 Å². The minimum absolute atomic E-state index is 0.695. The van der Waals surface area contributed by atoms with Gasteiger partial charge in [-0.25, -0.2) is 0 Å². The molecule has 0 bridgehead atoms. The molecule has 0 aliphatic carbocycles. The first-order valence-electron chi connectivity index (χ1n) is 7.18. The normalized spacial score (nSPS) is 21.2. The van der Waals surface area contributed by atoms with Gasteiger partial charge in [0.1, 0.15) is 0 Å². The van der Waals surface area contributed by atoms with Gasteiger partial charge in [-0.2, -0.15) is 0 Å². The van der Waals surface area contributed by atoms with Crippen LogP contribution < -0.4 is 5.32 Å². The molecule has 0 aromatic heterocycles. The Morgan fingerprint density at radius 1 is 1.19 bits per heavy atom. The van der Waals surface area contributed by atoms with E-state index in [1.807, 2.05) is 0 Å². The van der Waals surface area contributed by atoms with E-state index in [0.29, 0.717) is 6.04 Å². The number of nitrogens with one attached hydrogen (secondary N) is 1. The standard InChI is InChI=1S/C14H30N2/c1-4-5-8-14(3)15-11-13(2)12-16-9-6-7-10-16/h13-15H,4-12H2,1-3H3. The van der Waals surface area contributed by atoms with Gasteiger partial charge in [0, 0.05) is 12.6 Å². The lowest BCUT2D eigenvalue weighted by Gasteiger charge is -2.22. The molecule has 2 nitrogen and oxygen atoms in total. The molecule has 0 aromatic carbocycles. The minimum Gasteiger partial charge on any atom is -0.314 e. The maximum Gasteiger partial charge on any atom is 0.00388 e. The Bertz CT molecular complexity index is 164. The zero-order valence-corrected chi connectivity index (χ0v) is 11.5. The van der Waals surface area contributed by atoms with Crippen molar-refractivity contribution in [2.24, 2.45) is 5.92 Å². The number of likely N-dealkylation sites (tertiary alicyclic amines) is 1. The molecule has 2 heteroatoms. The SMILES string of the molecule is CCCCC(C)NCC(C)CN1CCCC1. The summed E-state index contributed by atoms with van der Waals surface area (Å²) >= 11 is 0. The van der Waals surface area contributed by atoms with Crippen LogP contribution >= 0.6 is 0 Å². The second kappa shape index (κ2) is 8.08. The molecule has 0 radical (unpaired) electrons. The first kappa shape index (κ1) is 14.0. The lowest BCUT2D eigenvalue weighted by Crippen LogP contribution is -2.35. The second-order valence-electron chi connectivity index (χ2n) is 5.56. The molecular weight excluding hydrogens is 196 g/mol. The molecule has 1 rings (SSSR count). The Kier molecular flexibility index (Phi) is 7.06. The zero-order valence-electron chi connectivity index (χ0n) is 11.5. The monoisotopic (exact) mass is 226 g/mol. The van der Waals surface area contributed by atoms with Gasteiger partial charge in [0.05, 0.1) is 0 Å². The van der Waals surface area contributed by atoms with Crippen molar-refractivity contribution in [3.8, 4) is 0 Å². The fraction of sp³-hybridized carbons (Fsp3) is 1.00. The first-order chi connectivity index (χ1) is 7.72. The van der Waals surface area contributed by atoms with Gasteiger partial charge in [-0.15, -0.1) is 0 Å². The van der Waals surface area contributed by atoms with Crippen LogP contribution in [0.5, 0.6) is 0 Å². The van der Waals surface area contributed by atoms with E-state index in [-0.39, 0.29) is 0 Å². The molecular formula is C14H30N2. The summed E-state index contributed by atoms with van der Waals surface area (Å²) in [7, 11) is 0. The van der Waals surface area contributed by atoms with Gasteiger partial charge >= 0.3 is 0 Å². The summed E-state index contributed by atoms with van der Waals surface area (Å²) in [6, 6.07) is 0.695. The van der Waals surface area contributed by atoms with E-state index in [2.05, 4.69) is 31.0 Å². The van der Waals surface area contributed by atoms with Crippen LogP contribution in [-0.4, -0.2) is 37.1 Å². The van der Waals surface area contributed by atoms with Crippen molar-refractivity contribution in [2.75, 3.05) is 26.2 Å². The third-order valence-electron chi connectivity index (χ3n) is 3.57. The third-order valence-corrected chi connectivity index (χ3v) is 3.57. The van der Waals surface area contributed by atoms with E-state index in [0.717, 1.165) is 5.92 Å². The van der Waals surface area contributed by atoms with E-state index < -0.39 is 0 Å². The van der Waals surface area contributed by atoms with Crippen LogP contribution in [-0.2, 0) is 0 Å². The number of unbranched alkanes of at least 4 members (excludes halogenated alkanes) is 1. The third kappa shape index (κ3) is 5.86. The summed E-state index contributed by atoms with van der Waals surface area (Å²) < 4.78 is 0. The lowest BCUT2D eigenvalue weighted by atomic mass is 10.1. The van der Waals surface area contributed by atoms with Crippen molar-refractivity contribution in [1.82, 2.24) is 10.2 Å². The molecule has 0 amide bonds. The van der Waals surface area contributed by atoms with Crippen LogP contribution in [0.2, 0.25) is 0 Å². The molecule has 1 N–H and O–H groups in total. The van der Waals surface area contributed by atoms with E-state index in [1.54, 1.807) is 0 Å². The van der Waals surface area contributed by atoms with E-state index in [4.69, 9.17) is 0 Å². The van der Waals surface area contributed by atoms with Crippen LogP contribution in [0.1, 0.15) is 52.9 Å². The van der Waals surface area contributed by atoms with Gasteiger partial charge in [-0.3, -0.25) is 0 Å². The quantitative estimate of drug-likeness (QED) is 0.684. The molecule has 2 unspecified atom stereocenters. The van der Waals surface area contributed by atoms with Crippen molar-refractivity contribution < 1.29 is 0 Å². The number of rotatable bonds is 8. The highest BCUT2D eigenvalue weighted by Crippen LogP contribution is 2.10. The molecule has 0 saturated carbocycles. The fourth-order valence-corrected chi connectivity index (χ4v) is 2.49. The molecule has 2 atom stereocenters. The van der Waals surface area contributed by atoms with Gasteiger partial charge in [0.15, 0.2) is 0 Å². The maximum absolute atomic E-state index is 3.66. The molecule has 0 spiro atoms. The van der Waals surface area contributed by atoms with E-state index in [1.165, 1.54) is 58.3 Å². The predicted octanol–water partition coefficient (Wildman–Crippen LogP) is 2.89. The van der Waals surface area contributed by atoms with E-state index >= 15 is 0 Å². The Labute approximate surface area is 102 Å². The molecule has 96 valence electrons. The Hall–Kier alpha value is -0.0800. The number of hydrogen-bond acceptors (Lipinski definition) is 2. The highest BCUT2D eigenvalue weighted by Gasteiger charge is 2.14. The summed E-state index contributed by atoms with van der Waals surface area (Å²) in [5.41, 5.74) is 0. The average Bonchev–Trinajstić information content (AvgIpc) is 2.76. The van der Waals surface area contributed by atoms with Crippen molar-refractivity contribution in [3.63, 3.8) is 0 Å². The fourth-order valence-electron chi connectivity index (χ4n) is 2.49. The lowest BCUT2D eigenvalue weighted by molar-refractivity contribution is 0.277. The topological polar surface area (TPSA) is 15.3 Å². The number of nitrogens with zero attached hydrogens (tertiary/aromatic N) is 1. The molecule has 1 aliphatic heterocycles. The highest BCUT2D eigenvalue weighted by atomic mass is 15.1. The first-order valence-corrected chi connectivity index (χ1v) is 7.18. The Balaban J connectivity index is 2.02. The predicted molar refractivity (Wildman–Crippen MR) is 71.8 cm³/mol.